The number of methoxy groups -OCH3 is 1. The number of hydrogen-bond acceptors (Lipinski definition) is 4. The Bertz CT molecular complexity index is 784. The molecule has 0 bridgehead atoms. The third kappa shape index (κ3) is 5.62. The van der Waals surface area contributed by atoms with E-state index in [4.69, 9.17) is 9.47 Å². The maximum absolute atomic E-state index is 6.28. The highest BCUT2D eigenvalue weighted by Gasteiger charge is 2.18. The van der Waals surface area contributed by atoms with Crippen LogP contribution in [0, 0.1) is 6.92 Å². The number of aryl methyl sites for hydroxylation is 1. The molecule has 1 aromatic heterocycles. The molecule has 6 nitrogen and oxygen atoms in total. The molecular formula is C22H30N4O2. The van der Waals surface area contributed by atoms with Crippen LogP contribution < -0.4 is 20.1 Å². The van der Waals surface area contributed by atoms with E-state index in [1.165, 1.54) is 18.4 Å². The standard InChI is InChI=1S/C22H30N4O2/c1-16-8-10-18(20(12-16)28-19-6-4-5-7-19)15-26-22(23-2)25-14-17-9-11-21(27-3)24-13-17/h8-13,19H,4-7,14-15H2,1-3H3,(H2,23,25,26). The van der Waals surface area contributed by atoms with Crippen molar-refractivity contribution in [2.24, 2.45) is 4.99 Å². The highest BCUT2D eigenvalue weighted by molar-refractivity contribution is 5.79. The molecule has 2 N–H and O–H groups in total. The largest absolute Gasteiger partial charge is 0.490 e. The Morgan fingerprint density at radius 1 is 1.14 bits per heavy atom. The molecule has 0 unspecified atom stereocenters. The minimum absolute atomic E-state index is 0.348. The molecule has 0 amide bonds. The van der Waals surface area contributed by atoms with Gasteiger partial charge in [-0.1, -0.05) is 18.2 Å². The van der Waals surface area contributed by atoms with Crippen molar-refractivity contribution in [3.63, 3.8) is 0 Å². The van der Waals surface area contributed by atoms with E-state index in [-0.39, 0.29) is 0 Å². The Morgan fingerprint density at radius 3 is 2.61 bits per heavy atom. The van der Waals surface area contributed by atoms with Gasteiger partial charge in [0.15, 0.2) is 5.96 Å². The third-order valence-electron chi connectivity index (χ3n) is 4.96. The van der Waals surface area contributed by atoms with E-state index in [1.54, 1.807) is 20.4 Å². The second kappa shape index (κ2) is 9.97. The number of benzene rings is 1. The zero-order chi connectivity index (χ0) is 19.8. The van der Waals surface area contributed by atoms with Crippen LogP contribution in [-0.2, 0) is 13.1 Å². The lowest BCUT2D eigenvalue weighted by molar-refractivity contribution is 0.207. The van der Waals surface area contributed by atoms with Crippen LogP contribution in [0.15, 0.2) is 41.5 Å². The van der Waals surface area contributed by atoms with Gasteiger partial charge < -0.3 is 20.1 Å². The SMILES string of the molecule is CN=C(NCc1ccc(OC)nc1)NCc1ccc(C)cc1OC1CCCC1. The fourth-order valence-corrected chi connectivity index (χ4v) is 3.32. The van der Waals surface area contributed by atoms with E-state index >= 15 is 0 Å². The summed E-state index contributed by atoms with van der Waals surface area (Å²) < 4.78 is 11.4. The number of nitrogens with zero attached hydrogens (tertiary/aromatic N) is 2. The van der Waals surface area contributed by atoms with Gasteiger partial charge in [0.2, 0.25) is 5.88 Å². The van der Waals surface area contributed by atoms with Crippen molar-refractivity contribution in [1.82, 2.24) is 15.6 Å². The van der Waals surface area contributed by atoms with E-state index in [1.807, 2.05) is 12.1 Å². The summed E-state index contributed by atoms with van der Waals surface area (Å²) in [5.74, 6) is 2.33. The number of rotatable bonds is 7. The Labute approximate surface area is 167 Å². The maximum atomic E-state index is 6.28. The average Bonchev–Trinajstić information content (AvgIpc) is 3.23. The van der Waals surface area contributed by atoms with Gasteiger partial charge in [-0.05, 0) is 49.8 Å². The molecule has 1 saturated carbocycles. The third-order valence-corrected chi connectivity index (χ3v) is 4.96. The molecular weight excluding hydrogens is 352 g/mol. The molecule has 0 radical (unpaired) electrons. The van der Waals surface area contributed by atoms with Crippen molar-refractivity contribution in [2.75, 3.05) is 14.2 Å². The summed E-state index contributed by atoms with van der Waals surface area (Å²) in [6.07, 6.45) is 6.98. The van der Waals surface area contributed by atoms with Crippen molar-refractivity contribution >= 4 is 5.96 Å². The summed E-state index contributed by atoms with van der Waals surface area (Å²) in [6.45, 7) is 3.39. The first-order chi connectivity index (χ1) is 13.7. The summed E-state index contributed by atoms with van der Waals surface area (Å²) in [7, 11) is 3.38. The first-order valence-corrected chi connectivity index (χ1v) is 9.87. The summed E-state index contributed by atoms with van der Waals surface area (Å²) in [5, 5.41) is 6.69. The van der Waals surface area contributed by atoms with Gasteiger partial charge >= 0.3 is 0 Å². The van der Waals surface area contributed by atoms with Gasteiger partial charge in [0, 0.05) is 38.0 Å². The summed E-state index contributed by atoms with van der Waals surface area (Å²) >= 11 is 0. The molecule has 0 spiro atoms. The molecule has 1 fully saturated rings. The van der Waals surface area contributed by atoms with Crippen LogP contribution in [0.2, 0.25) is 0 Å². The van der Waals surface area contributed by atoms with Crippen LogP contribution in [0.5, 0.6) is 11.6 Å². The van der Waals surface area contributed by atoms with Gasteiger partial charge in [-0.25, -0.2) is 4.98 Å². The van der Waals surface area contributed by atoms with Crippen LogP contribution in [0.4, 0.5) is 0 Å². The van der Waals surface area contributed by atoms with E-state index in [0.29, 0.717) is 25.1 Å². The van der Waals surface area contributed by atoms with Crippen LogP contribution in [0.25, 0.3) is 0 Å². The lowest BCUT2D eigenvalue weighted by atomic mass is 10.1. The monoisotopic (exact) mass is 382 g/mol. The van der Waals surface area contributed by atoms with Crippen molar-refractivity contribution in [3.8, 4) is 11.6 Å². The zero-order valence-electron chi connectivity index (χ0n) is 17.0. The Hall–Kier alpha value is -2.76. The normalized spacial score (nSPS) is 14.8. The Morgan fingerprint density at radius 2 is 1.93 bits per heavy atom. The summed E-state index contributed by atoms with van der Waals surface area (Å²) in [4.78, 5) is 8.54. The molecule has 3 rings (SSSR count). The second-order valence-corrected chi connectivity index (χ2v) is 7.12. The predicted molar refractivity (Wildman–Crippen MR) is 112 cm³/mol. The van der Waals surface area contributed by atoms with Gasteiger partial charge in [0.1, 0.15) is 5.75 Å². The molecule has 0 saturated heterocycles. The van der Waals surface area contributed by atoms with Gasteiger partial charge in [-0.15, -0.1) is 0 Å². The van der Waals surface area contributed by atoms with Crippen molar-refractivity contribution in [3.05, 3.63) is 53.2 Å². The second-order valence-electron chi connectivity index (χ2n) is 7.12. The number of pyridine rings is 1. The molecule has 1 aliphatic carbocycles. The van der Waals surface area contributed by atoms with Crippen molar-refractivity contribution in [1.29, 1.82) is 0 Å². The van der Waals surface area contributed by atoms with Crippen molar-refractivity contribution in [2.45, 2.75) is 51.8 Å². The van der Waals surface area contributed by atoms with E-state index in [9.17, 15) is 0 Å². The maximum Gasteiger partial charge on any atom is 0.212 e. The molecule has 6 heteroatoms. The first-order valence-electron chi connectivity index (χ1n) is 9.87. The quantitative estimate of drug-likeness (QED) is 0.566. The molecule has 0 aliphatic heterocycles. The topological polar surface area (TPSA) is 67.8 Å². The molecule has 28 heavy (non-hydrogen) atoms. The van der Waals surface area contributed by atoms with Gasteiger partial charge in [-0.2, -0.15) is 0 Å². The fourth-order valence-electron chi connectivity index (χ4n) is 3.32. The van der Waals surface area contributed by atoms with Crippen molar-refractivity contribution < 1.29 is 9.47 Å². The van der Waals surface area contributed by atoms with E-state index in [0.717, 1.165) is 35.7 Å². The average molecular weight is 383 g/mol. The summed E-state index contributed by atoms with van der Waals surface area (Å²) in [5.41, 5.74) is 3.42. The number of nitrogens with one attached hydrogen (secondary N) is 2. The molecule has 1 heterocycles. The smallest absolute Gasteiger partial charge is 0.212 e. The van der Waals surface area contributed by atoms with Crippen LogP contribution in [0.1, 0.15) is 42.4 Å². The first kappa shape index (κ1) is 20.0. The van der Waals surface area contributed by atoms with Crippen LogP contribution >= 0.6 is 0 Å². The molecule has 1 aromatic carbocycles. The molecule has 0 atom stereocenters. The minimum atomic E-state index is 0.348. The van der Waals surface area contributed by atoms with E-state index < -0.39 is 0 Å². The van der Waals surface area contributed by atoms with Gasteiger partial charge in [-0.3, -0.25) is 4.99 Å². The minimum Gasteiger partial charge on any atom is -0.490 e. The molecule has 2 aromatic rings. The number of ether oxygens (including phenoxy) is 2. The zero-order valence-corrected chi connectivity index (χ0v) is 17.0. The van der Waals surface area contributed by atoms with Crippen LogP contribution in [0.3, 0.4) is 0 Å². The molecule has 150 valence electrons. The van der Waals surface area contributed by atoms with E-state index in [2.05, 4.69) is 45.7 Å². The summed E-state index contributed by atoms with van der Waals surface area (Å²) in [6, 6.07) is 10.2. The predicted octanol–water partition coefficient (Wildman–Crippen LogP) is 3.59. The lowest BCUT2D eigenvalue weighted by Crippen LogP contribution is -2.36. The van der Waals surface area contributed by atoms with Crippen LogP contribution in [-0.4, -0.2) is 31.2 Å². The number of aromatic nitrogens is 1. The highest BCUT2D eigenvalue weighted by Crippen LogP contribution is 2.27. The highest BCUT2D eigenvalue weighted by atomic mass is 16.5. The number of hydrogen-bond donors (Lipinski definition) is 2. The van der Waals surface area contributed by atoms with Gasteiger partial charge in [0.25, 0.3) is 0 Å². The lowest BCUT2D eigenvalue weighted by Gasteiger charge is -2.18. The fraction of sp³-hybridized carbons (Fsp3) is 0.455. The number of aliphatic imine (C=N–C) groups is 1. The molecule has 1 aliphatic rings. The number of guanidine groups is 1. The Balaban J connectivity index is 1.56. The Kier molecular flexibility index (Phi) is 7.12. The van der Waals surface area contributed by atoms with Gasteiger partial charge in [0.05, 0.1) is 13.2 Å².